The highest BCUT2D eigenvalue weighted by atomic mass is 35.5. The molecule has 4 nitrogen and oxygen atoms in total. The standard InChI is InChI=1S/C16H20ClNO3/c1-21-15(19)10-14-4-2-3-9-18(14)16(20)13-7-5-12(11-17)6-8-13/h5-8,14H,2-4,9-11H2,1H3. The van der Waals surface area contributed by atoms with Gasteiger partial charge in [0.15, 0.2) is 0 Å². The molecule has 1 atom stereocenters. The molecule has 0 saturated carbocycles. The van der Waals surface area contributed by atoms with Crippen molar-refractivity contribution in [2.45, 2.75) is 37.6 Å². The zero-order valence-corrected chi connectivity index (χ0v) is 12.9. The smallest absolute Gasteiger partial charge is 0.307 e. The quantitative estimate of drug-likeness (QED) is 0.634. The molecule has 0 aliphatic carbocycles. The number of piperidine rings is 1. The summed E-state index contributed by atoms with van der Waals surface area (Å²) >= 11 is 5.76. The molecule has 1 aromatic carbocycles. The average molecular weight is 310 g/mol. The van der Waals surface area contributed by atoms with E-state index in [0.29, 0.717) is 18.0 Å². The van der Waals surface area contributed by atoms with Crippen LogP contribution in [0.25, 0.3) is 0 Å². The van der Waals surface area contributed by atoms with Gasteiger partial charge in [0.05, 0.1) is 13.5 Å². The van der Waals surface area contributed by atoms with Crippen LogP contribution in [-0.4, -0.2) is 36.5 Å². The maximum Gasteiger partial charge on any atom is 0.307 e. The topological polar surface area (TPSA) is 46.6 Å². The molecule has 1 amide bonds. The summed E-state index contributed by atoms with van der Waals surface area (Å²) < 4.78 is 4.73. The zero-order chi connectivity index (χ0) is 15.2. The Labute approximate surface area is 130 Å². The summed E-state index contributed by atoms with van der Waals surface area (Å²) in [6.45, 7) is 0.692. The van der Waals surface area contributed by atoms with Gasteiger partial charge in [-0.15, -0.1) is 11.6 Å². The summed E-state index contributed by atoms with van der Waals surface area (Å²) in [5, 5.41) is 0. The van der Waals surface area contributed by atoms with Crippen molar-refractivity contribution in [3.05, 3.63) is 35.4 Å². The lowest BCUT2D eigenvalue weighted by Crippen LogP contribution is -2.44. The van der Waals surface area contributed by atoms with E-state index in [1.165, 1.54) is 7.11 Å². The minimum Gasteiger partial charge on any atom is -0.469 e. The van der Waals surface area contributed by atoms with Crippen molar-refractivity contribution < 1.29 is 14.3 Å². The van der Waals surface area contributed by atoms with E-state index in [4.69, 9.17) is 16.3 Å². The van der Waals surface area contributed by atoms with Gasteiger partial charge < -0.3 is 9.64 Å². The molecule has 1 aliphatic heterocycles. The average Bonchev–Trinajstić information content (AvgIpc) is 2.54. The zero-order valence-electron chi connectivity index (χ0n) is 12.2. The van der Waals surface area contributed by atoms with E-state index in [1.54, 1.807) is 17.0 Å². The highest BCUT2D eigenvalue weighted by Crippen LogP contribution is 2.22. The third-order valence-electron chi connectivity index (χ3n) is 3.87. The minimum absolute atomic E-state index is 0.0234. The van der Waals surface area contributed by atoms with Crippen LogP contribution in [0.2, 0.25) is 0 Å². The first-order chi connectivity index (χ1) is 10.2. The molecule has 21 heavy (non-hydrogen) atoms. The second kappa shape index (κ2) is 7.46. The molecule has 1 fully saturated rings. The molecular weight excluding hydrogens is 290 g/mol. The Balaban J connectivity index is 2.11. The van der Waals surface area contributed by atoms with Gasteiger partial charge in [0.1, 0.15) is 0 Å². The fourth-order valence-corrected chi connectivity index (χ4v) is 2.84. The Morgan fingerprint density at radius 1 is 1.29 bits per heavy atom. The molecule has 0 radical (unpaired) electrons. The second-order valence-electron chi connectivity index (χ2n) is 5.26. The fraction of sp³-hybridized carbons (Fsp3) is 0.500. The van der Waals surface area contributed by atoms with Crippen molar-refractivity contribution in [2.75, 3.05) is 13.7 Å². The Morgan fingerprint density at radius 3 is 2.62 bits per heavy atom. The number of halogens is 1. The summed E-state index contributed by atoms with van der Waals surface area (Å²) in [6, 6.07) is 7.25. The van der Waals surface area contributed by atoms with Crippen molar-refractivity contribution in [3.8, 4) is 0 Å². The molecule has 1 aromatic rings. The third-order valence-corrected chi connectivity index (χ3v) is 4.18. The number of nitrogens with zero attached hydrogens (tertiary/aromatic N) is 1. The fourth-order valence-electron chi connectivity index (χ4n) is 2.66. The SMILES string of the molecule is COC(=O)CC1CCCCN1C(=O)c1ccc(CCl)cc1. The first-order valence-corrected chi connectivity index (χ1v) is 7.72. The van der Waals surface area contributed by atoms with Crippen LogP contribution >= 0.6 is 11.6 Å². The summed E-state index contributed by atoms with van der Waals surface area (Å²) in [5.41, 5.74) is 1.62. The Morgan fingerprint density at radius 2 is 2.00 bits per heavy atom. The molecule has 1 unspecified atom stereocenters. The van der Waals surface area contributed by atoms with Crippen LogP contribution in [0.5, 0.6) is 0 Å². The molecule has 0 spiro atoms. The first kappa shape index (κ1) is 15.8. The van der Waals surface area contributed by atoms with E-state index in [-0.39, 0.29) is 24.3 Å². The highest BCUT2D eigenvalue weighted by Gasteiger charge is 2.29. The molecule has 0 bridgehead atoms. The molecule has 1 aliphatic rings. The van der Waals surface area contributed by atoms with E-state index in [9.17, 15) is 9.59 Å². The molecule has 2 rings (SSSR count). The lowest BCUT2D eigenvalue weighted by atomic mass is 9.98. The van der Waals surface area contributed by atoms with Crippen molar-refractivity contribution in [2.24, 2.45) is 0 Å². The molecule has 0 N–H and O–H groups in total. The number of benzene rings is 1. The normalized spacial score (nSPS) is 18.4. The summed E-state index contributed by atoms with van der Waals surface area (Å²) in [6.07, 6.45) is 3.13. The van der Waals surface area contributed by atoms with Gasteiger partial charge in [-0.05, 0) is 37.0 Å². The molecule has 114 valence electrons. The van der Waals surface area contributed by atoms with E-state index < -0.39 is 0 Å². The van der Waals surface area contributed by atoms with E-state index in [0.717, 1.165) is 24.8 Å². The number of carbonyl (C=O) groups excluding carboxylic acids is 2. The van der Waals surface area contributed by atoms with Gasteiger partial charge in [0.25, 0.3) is 5.91 Å². The van der Waals surface area contributed by atoms with Gasteiger partial charge in [-0.2, -0.15) is 0 Å². The number of methoxy groups -OCH3 is 1. The van der Waals surface area contributed by atoms with Crippen LogP contribution in [0, 0.1) is 0 Å². The molecule has 1 saturated heterocycles. The molecule has 5 heteroatoms. The lowest BCUT2D eigenvalue weighted by molar-refractivity contribution is -0.142. The predicted octanol–water partition coefficient (Wildman–Crippen LogP) is 2.98. The molecule has 0 aromatic heterocycles. The number of hydrogen-bond acceptors (Lipinski definition) is 3. The maximum atomic E-state index is 12.6. The van der Waals surface area contributed by atoms with Crippen molar-refractivity contribution in [1.29, 1.82) is 0 Å². The Bertz CT molecular complexity index is 501. The number of amides is 1. The van der Waals surface area contributed by atoms with Gasteiger partial charge >= 0.3 is 5.97 Å². The largest absolute Gasteiger partial charge is 0.469 e. The van der Waals surface area contributed by atoms with Crippen LogP contribution in [0.4, 0.5) is 0 Å². The van der Waals surface area contributed by atoms with Gasteiger partial charge in [-0.3, -0.25) is 9.59 Å². The summed E-state index contributed by atoms with van der Waals surface area (Å²) in [5.74, 6) is 0.144. The van der Waals surface area contributed by atoms with Crippen LogP contribution < -0.4 is 0 Å². The van der Waals surface area contributed by atoms with Crippen molar-refractivity contribution in [3.63, 3.8) is 0 Å². The van der Waals surface area contributed by atoms with Gasteiger partial charge in [0, 0.05) is 24.0 Å². The van der Waals surface area contributed by atoms with Gasteiger partial charge in [0.2, 0.25) is 0 Å². The number of carbonyl (C=O) groups is 2. The highest BCUT2D eigenvalue weighted by molar-refractivity contribution is 6.17. The number of hydrogen-bond donors (Lipinski definition) is 0. The molecular formula is C16H20ClNO3. The third kappa shape index (κ3) is 3.97. The van der Waals surface area contributed by atoms with Gasteiger partial charge in [-0.1, -0.05) is 12.1 Å². The second-order valence-corrected chi connectivity index (χ2v) is 5.53. The number of alkyl halides is 1. The maximum absolute atomic E-state index is 12.6. The van der Waals surface area contributed by atoms with Crippen LogP contribution in [0.3, 0.4) is 0 Å². The number of likely N-dealkylation sites (tertiary alicyclic amines) is 1. The predicted molar refractivity (Wildman–Crippen MR) is 81.3 cm³/mol. The van der Waals surface area contributed by atoms with Crippen LogP contribution in [0.15, 0.2) is 24.3 Å². The number of ether oxygens (including phenoxy) is 1. The van der Waals surface area contributed by atoms with Crippen molar-refractivity contribution >= 4 is 23.5 Å². The van der Waals surface area contributed by atoms with E-state index in [2.05, 4.69) is 0 Å². The van der Waals surface area contributed by atoms with Crippen LogP contribution in [0.1, 0.15) is 41.6 Å². The Kier molecular flexibility index (Phi) is 5.62. The Hall–Kier alpha value is -1.55. The minimum atomic E-state index is -0.266. The van der Waals surface area contributed by atoms with Crippen molar-refractivity contribution in [1.82, 2.24) is 4.90 Å². The summed E-state index contributed by atoms with van der Waals surface area (Å²) in [7, 11) is 1.38. The van der Waals surface area contributed by atoms with E-state index in [1.807, 2.05) is 12.1 Å². The van der Waals surface area contributed by atoms with Crippen LogP contribution in [-0.2, 0) is 15.4 Å². The number of esters is 1. The first-order valence-electron chi connectivity index (χ1n) is 7.18. The van der Waals surface area contributed by atoms with Gasteiger partial charge in [-0.25, -0.2) is 0 Å². The lowest BCUT2D eigenvalue weighted by Gasteiger charge is -2.35. The summed E-state index contributed by atoms with van der Waals surface area (Å²) in [4.78, 5) is 25.9. The number of rotatable bonds is 4. The molecule has 1 heterocycles. The monoisotopic (exact) mass is 309 g/mol. The van der Waals surface area contributed by atoms with E-state index >= 15 is 0 Å².